The summed E-state index contributed by atoms with van der Waals surface area (Å²) in [5, 5.41) is 22.8. The zero-order valence-corrected chi connectivity index (χ0v) is 44.7. The van der Waals surface area contributed by atoms with E-state index in [1.807, 2.05) is 88.8 Å². The van der Waals surface area contributed by atoms with Crippen molar-refractivity contribution < 1.29 is 43.2 Å². The zero-order chi connectivity index (χ0) is 51.5. The first-order valence-corrected chi connectivity index (χ1v) is 26.6. The van der Waals surface area contributed by atoms with Crippen LogP contribution in [0.25, 0.3) is 10.4 Å². The molecule has 5 N–H and O–H groups in total. The molecule has 2 aromatic carbocycles. The maximum atomic E-state index is 13.9. The number of hydrogen-bond acceptors (Lipinski definition) is 15. The molecule has 0 bridgehead atoms. The number of amides is 4. The molecular formula is C52H72BrN9O9S. The minimum atomic E-state index is -0.941. The Balaban J connectivity index is 0.767. The van der Waals surface area contributed by atoms with Crippen LogP contribution in [0.5, 0.6) is 5.75 Å². The third kappa shape index (κ3) is 17.5. The lowest BCUT2D eigenvalue weighted by Crippen LogP contribution is -2.58. The van der Waals surface area contributed by atoms with Crippen molar-refractivity contribution in [3.63, 3.8) is 0 Å². The Kier molecular flexibility index (Phi) is 22.0. The smallest absolute Gasteiger partial charge is 0.246 e. The van der Waals surface area contributed by atoms with Crippen LogP contribution in [0.15, 0.2) is 64.7 Å². The van der Waals surface area contributed by atoms with Crippen LogP contribution in [-0.4, -0.2) is 145 Å². The average molecular weight is 1080 g/mol. The molecule has 392 valence electrons. The predicted octanol–water partition coefficient (Wildman–Crippen LogP) is 6.88. The van der Waals surface area contributed by atoms with Gasteiger partial charge in [0.1, 0.15) is 30.3 Å². The highest BCUT2D eigenvalue weighted by Gasteiger charge is 2.44. The number of likely N-dealkylation sites (N-methyl/N-ethyl adjacent to an activating group) is 1. The highest BCUT2D eigenvalue weighted by Crippen LogP contribution is 2.30. The van der Waals surface area contributed by atoms with Gasteiger partial charge in [0.2, 0.25) is 29.6 Å². The second-order valence-corrected chi connectivity index (χ2v) is 21.0. The molecule has 0 spiro atoms. The number of aromatic nitrogens is 3. The molecule has 2 aromatic heterocycles. The van der Waals surface area contributed by atoms with Crippen LogP contribution in [0.4, 0.5) is 17.5 Å². The zero-order valence-electron chi connectivity index (χ0n) is 42.3. The summed E-state index contributed by atoms with van der Waals surface area (Å²) in [4.78, 5) is 70.3. The van der Waals surface area contributed by atoms with Crippen molar-refractivity contribution in [1.82, 2.24) is 35.4 Å². The minimum Gasteiger partial charge on any atom is -0.494 e. The summed E-state index contributed by atoms with van der Waals surface area (Å²) in [6, 6.07) is 13.7. The van der Waals surface area contributed by atoms with E-state index >= 15 is 0 Å². The molecule has 0 radical (unpaired) electrons. The van der Waals surface area contributed by atoms with Gasteiger partial charge in [0.05, 0.1) is 33.3 Å². The van der Waals surface area contributed by atoms with Gasteiger partial charge >= 0.3 is 0 Å². The summed E-state index contributed by atoms with van der Waals surface area (Å²) < 4.78 is 23.8. The highest BCUT2D eigenvalue weighted by atomic mass is 79.9. The van der Waals surface area contributed by atoms with Crippen LogP contribution in [0.1, 0.15) is 83.4 Å². The van der Waals surface area contributed by atoms with E-state index in [1.165, 1.54) is 4.90 Å². The van der Waals surface area contributed by atoms with E-state index in [9.17, 15) is 24.3 Å². The number of carbonyl (C=O) groups excluding carboxylic acids is 4. The third-order valence-electron chi connectivity index (χ3n) is 12.5. The molecular weight excluding hydrogens is 1010 g/mol. The molecule has 18 nitrogen and oxygen atoms in total. The van der Waals surface area contributed by atoms with E-state index in [1.54, 1.807) is 22.4 Å². The van der Waals surface area contributed by atoms with Crippen molar-refractivity contribution in [2.45, 2.75) is 104 Å². The standard InChI is InChI=1S/C52H72BrN9O9S/c1-35-45(72-34-57-35)37-15-13-36(14-16-37)30-55-48(65)43-29-40(63)32-62(43)50(67)46(52(2,3)4)59-44(64)33-70-27-9-25-68-23-6-7-24-69-26-10-28-71-41-19-17-39(18-20-41)58-51-56-31-42(53)47(60-51)54-21-22-61(5)49(66)38-11-8-12-38/h13-20,31,34,38,40,43,46,63H,6-12,21-30,32-33H2,1-5H3,(H,55,65)(H,59,64)(H2,54,56,58,60)/t40-,43+,46-/m1/s1. The van der Waals surface area contributed by atoms with Crippen LogP contribution in [0.2, 0.25) is 0 Å². The number of carbonyl (C=O) groups is 4. The van der Waals surface area contributed by atoms with E-state index in [0.29, 0.717) is 70.9 Å². The van der Waals surface area contributed by atoms with Gasteiger partial charge in [0.15, 0.2) is 0 Å². The maximum Gasteiger partial charge on any atom is 0.246 e. The third-order valence-corrected chi connectivity index (χ3v) is 14.0. The second kappa shape index (κ2) is 28.3. The number of nitrogens with zero attached hydrogens (tertiary/aromatic N) is 5. The number of thiazole rings is 1. The molecule has 20 heteroatoms. The Labute approximate surface area is 435 Å². The SMILES string of the molecule is Cc1ncsc1-c1ccc(CNC(=O)[C@@H]2C[C@@H](O)CN2C(=O)[C@@H](NC(=O)COCCCOCCCCOCCCOc2ccc(Nc3ncc(Br)c(NCCN(C)C(=O)C4CCC4)n3)cc2)C(C)(C)C)cc1. The lowest BCUT2D eigenvalue weighted by molar-refractivity contribution is -0.144. The number of unbranched alkanes of at least 4 members (excludes halogenated alkanes) is 1. The lowest BCUT2D eigenvalue weighted by Gasteiger charge is -2.35. The van der Waals surface area contributed by atoms with E-state index in [0.717, 1.165) is 76.1 Å². The number of β-amino-alcohol motifs (C(OH)–C–C–N with tert-alkyl or cyclic N) is 1. The van der Waals surface area contributed by atoms with Crippen molar-refractivity contribution >= 4 is 68.3 Å². The first kappa shape index (κ1) is 56.1. The van der Waals surface area contributed by atoms with Gasteiger partial charge in [-0.05, 0) is 95.8 Å². The van der Waals surface area contributed by atoms with Gasteiger partial charge < -0.3 is 55.1 Å². The maximum absolute atomic E-state index is 13.9. The largest absolute Gasteiger partial charge is 0.494 e. The van der Waals surface area contributed by atoms with Crippen LogP contribution >= 0.6 is 27.3 Å². The molecule has 3 heterocycles. The van der Waals surface area contributed by atoms with Crippen molar-refractivity contribution in [3.05, 3.63) is 76.0 Å². The van der Waals surface area contributed by atoms with Gasteiger partial charge in [-0.3, -0.25) is 19.2 Å². The summed E-state index contributed by atoms with van der Waals surface area (Å²) in [6.45, 7) is 11.8. The molecule has 6 rings (SSSR count). The molecule has 1 saturated carbocycles. The first-order valence-electron chi connectivity index (χ1n) is 25.0. The number of nitrogens with one attached hydrogen (secondary N) is 4. The van der Waals surface area contributed by atoms with Crippen LogP contribution < -0.4 is 26.0 Å². The van der Waals surface area contributed by atoms with E-state index < -0.39 is 35.4 Å². The predicted molar refractivity (Wildman–Crippen MR) is 281 cm³/mol. The van der Waals surface area contributed by atoms with Crippen LogP contribution in [0, 0.1) is 18.3 Å². The summed E-state index contributed by atoms with van der Waals surface area (Å²) in [6.07, 6.45) is 7.13. The molecule has 4 amide bonds. The van der Waals surface area contributed by atoms with E-state index in [2.05, 4.69) is 52.1 Å². The topological polar surface area (TPSA) is 219 Å². The summed E-state index contributed by atoms with van der Waals surface area (Å²) in [5.41, 5.74) is 4.88. The number of rotatable bonds is 29. The molecule has 2 aliphatic rings. The number of aliphatic hydroxyl groups excluding tert-OH is 1. The Morgan fingerprint density at radius 3 is 2.25 bits per heavy atom. The summed E-state index contributed by atoms with van der Waals surface area (Å²) in [5.74, 6) is 1.01. The number of aryl methyl sites for hydroxylation is 1. The van der Waals surface area contributed by atoms with E-state index in [4.69, 9.17) is 18.9 Å². The fraction of sp³-hybridized carbons (Fsp3) is 0.558. The Morgan fingerprint density at radius 2 is 1.60 bits per heavy atom. The van der Waals surface area contributed by atoms with Crippen LogP contribution in [-0.2, 0) is 39.9 Å². The number of hydrogen-bond donors (Lipinski definition) is 5. The fourth-order valence-corrected chi connectivity index (χ4v) is 9.25. The van der Waals surface area contributed by atoms with Crippen molar-refractivity contribution in [2.24, 2.45) is 11.3 Å². The van der Waals surface area contributed by atoms with Gasteiger partial charge in [-0.1, -0.05) is 51.5 Å². The minimum absolute atomic E-state index is 0.00345. The lowest BCUT2D eigenvalue weighted by atomic mass is 9.84. The molecule has 2 fully saturated rings. The molecule has 72 heavy (non-hydrogen) atoms. The highest BCUT2D eigenvalue weighted by molar-refractivity contribution is 9.10. The molecule has 3 atom stereocenters. The summed E-state index contributed by atoms with van der Waals surface area (Å²) >= 11 is 5.08. The number of halogens is 1. The van der Waals surface area contributed by atoms with Gasteiger partial charge in [0, 0.05) is 96.9 Å². The quantitative estimate of drug-likeness (QED) is 0.0350. The Morgan fingerprint density at radius 1 is 0.917 bits per heavy atom. The Hall–Kier alpha value is -5.25. The second-order valence-electron chi connectivity index (χ2n) is 19.3. The van der Waals surface area contributed by atoms with Crippen molar-refractivity contribution in [1.29, 1.82) is 0 Å². The molecule has 1 aliphatic heterocycles. The number of anilines is 3. The molecule has 0 unspecified atom stereocenters. The first-order chi connectivity index (χ1) is 34.7. The van der Waals surface area contributed by atoms with Crippen LogP contribution in [0.3, 0.4) is 0 Å². The fourth-order valence-electron chi connectivity index (χ4n) is 8.11. The average Bonchev–Trinajstić information content (AvgIpc) is 3.96. The molecule has 1 aliphatic carbocycles. The van der Waals surface area contributed by atoms with Gasteiger partial charge in [-0.15, -0.1) is 11.3 Å². The van der Waals surface area contributed by atoms with E-state index in [-0.39, 0.29) is 43.8 Å². The summed E-state index contributed by atoms with van der Waals surface area (Å²) in [7, 11) is 1.85. The van der Waals surface area contributed by atoms with Crippen molar-refractivity contribution in [2.75, 3.05) is 83.6 Å². The van der Waals surface area contributed by atoms with Gasteiger partial charge in [-0.25, -0.2) is 9.97 Å². The van der Waals surface area contributed by atoms with Gasteiger partial charge in [-0.2, -0.15) is 4.98 Å². The van der Waals surface area contributed by atoms with Crippen molar-refractivity contribution in [3.8, 4) is 16.2 Å². The Bertz CT molecular complexity index is 2350. The number of benzene rings is 2. The number of likely N-dealkylation sites (tertiary alicyclic amines) is 1. The van der Waals surface area contributed by atoms with Gasteiger partial charge in [0.25, 0.3) is 0 Å². The monoisotopic (exact) mass is 1080 g/mol. The number of aliphatic hydroxyl groups is 1. The number of ether oxygens (including phenoxy) is 4. The normalized spacial score (nSPS) is 16.2. The molecule has 4 aromatic rings. The molecule has 1 saturated heterocycles.